The Bertz CT molecular complexity index is 990. The highest BCUT2D eigenvalue weighted by molar-refractivity contribution is 5.94. The van der Waals surface area contributed by atoms with E-state index in [0.29, 0.717) is 5.65 Å². The third-order valence-corrected chi connectivity index (χ3v) is 5.26. The minimum Gasteiger partial charge on any atom is -0.477 e. The largest absolute Gasteiger partial charge is 0.477 e. The standard InChI is InChI=1S/C20H20FN3O2/c1-12-9-14(21)7-8-15(12)16-10-22-19-17(20(25)26)11-23-24(19)18(16)13-5-3-2-4-6-13/h7-11,13H,2-6H2,1H3,(H,25,26). The summed E-state index contributed by atoms with van der Waals surface area (Å²) in [5.74, 6) is -1.02. The molecule has 0 amide bonds. The molecule has 4 rings (SSSR count). The molecule has 134 valence electrons. The smallest absolute Gasteiger partial charge is 0.341 e. The quantitative estimate of drug-likeness (QED) is 0.748. The van der Waals surface area contributed by atoms with Gasteiger partial charge in [-0.2, -0.15) is 5.10 Å². The zero-order valence-corrected chi connectivity index (χ0v) is 14.6. The van der Waals surface area contributed by atoms with Crippen LogP contribution in [0.4, 0.5) is 4.39 Å². The first-order valence-corrected chi connectivity index (χ1v) is 8.92. The van der Waals surface area contributed by atoms with Gasteiger partial charge in [-0.15, -0.1) is 0 Å². The second-order valence-electron chi connectivity index (χ2n) is 6.95. The van der Waals surface area contributed by atoms with Crippen LogP contribution in [0.2, 0.25) is 0 Å². The zero-order chi connectivity index (χ0) is 18.3. The maximum atomic E-state index is 13.6. The molecule has 0 atom stereocenters. The molecule has 1 saturated carbocycles. The summed E-state index contributed by atoms with van der Waals surface area (Å²) in [4.78, 5) is 15.9. The summed E-state index contributed by atoms with van der Waals surface area (Å²) in [6, 6.07) is 4.72. The number of carboxylic acid groups (broad SMARTS) is 1. The first-order chi connectivity index (χ1) is 12.6. The van der Waals surface area contributed by atoms with Crippen LogP contribution in [0.25, 0.3) is 16.8 Å². The Morgan fingerprint density at radius 2 is 1.96 bits per heavy atom. The summed E-state index contributed by atoms with van der Waals surface area (Å²) in [7, 11) is 0. The first-order valence-electron chi connectivity index (χ1n) is 8.92. The van der Waals surface area contributed by atoms with Crippen molar-refractivity contribution in [2.24, 2.45) is 0 Å². The van der Waals surface area contributed by atoms with Gasteiger partial charge in [0.25, 0.3) is 0 Å². The molecular formula is C20H20FN3O2. The average Bonchev–Trinajstić information content (AvgIpc) is 3.06. The molecule has 0 unspecified atom stereocenters. The summed E-state index contributed by atoms with van der Waals surface area (Å²) in [6.45, 7) is 1.87. The Morgan fingerprint density at radius 3 is 2.65 bits per heavy atom. The molecule has 2 aromatic heterocycles. The minimum atomic E-state index is -1.03. The van der Waals surface area contributed by atoms with Crippen LogP contribution in [-0.2, 0) is 0 Å². The molecular weight excluding hydrogens is 333 g/mol. The van der Waals surface area contributed by atoms with Crippen LogP contribution < -0.4 is 0 Å². The molecule has 0 bridgehead atoms. The Hall–Kier alpha value is -2.76. The molecule has 1 aliphatic rings. The normalized spacial score (nSPS) is 15.5. The van der Waals surface area contributed by atoms with E-state index in [4.69, 9.17) is 0 Å². The molecule has 0 aliphatic heterocycles. The number of hydrogen-bond acceptors (Lipinski definition) is 3. The molecule has 2 heterocycles. The summed E-state index contributed by atoms with van der Waals surface area (Å²) in [6.07, 6.45) is 8.65. The van der Waals surface area contributed by atoms with E-state index >= 15 is 0 Å². The fourth-order valence-corrected chi connectivity index (χ4v) is 4.00. The number of halogens is 1. The number of aromatic carboxylic acids is 1. The highest BCUT2D eigenvalue weighted by Gasteiger charge is 2.25. The molecule has 26 heavy (non-hydrogen) atoms. The van der Waals surface area contributed by atoms with Gasteiger partial charge in [-0.05, 0) is 43.0 Å². The van der Waals surface area contributed by atoms with Crippen LogP contribution in [0.3, 0.4) is 0 Å². The van der Waals surface area contributed by atoms with Crippen molar-refractivity contribution in [3.05, 3.63) is 53.2 Å². The van der Waals surface area contributed by atoms with E-state index in [9.17, 15) is 14.3 Å². The van der Waals surface area contributed by atoms with Crippen LogP contribution in [0.5, 0.6) is 0 Å². The molecule has 0 spiro atoms. The van der Waals surface area contributed by atoms with Gasteiger partial charge in [-0.1, -0.05) is 25.3 Å². The Balaban J connectivity index is 1.98. The number of aromatic nitrogens is 3. The van der Waals surface area contributed by atoms with Crippen LogP contribution in [-0.4, -0.2) is 25.7 Å². The zero-order valence-electron chi connectivity index (χ0n) is 14.6. The van der Waals surface area contributed by atoms with Gasteiger partial charge < -0.3 is 5.11 Å². The van der Waals surface area contributed by atoms with Crippen molar-refractivity contribution in [1.82, 2.24) is 14.6 Å². The van der Waals surface area contributed by atoms with Gasteiger partial charge in [0.05, 0.1) is 11.9 Å². The third-order valence-electron chi connectivity index (χ3n) is 5.26. The van der Waals surface area contributed by atoms with E-state index in [0.717, 1.165) is 48.1 Å². The van der Waals surface area contributed by atoms with E-state index in [1.807, 2.05) is 6.92 Å². The number of hydrogen-bond donors (Lipinski definition) is 1. The van der Waals surface area contributed by atoms with Crippen LogP contribution >= 0.6 is 0 Å². The van der Waals surface area contributed by atoms with Gasteiger partial charge in [0.15, 0.2) is 5.65 Å². The lowest BCUT2D eigenvalue weighted by molar-refractivity contribution is 0.0698. The molecule has 1 N–H and O–H groups in total. The summed E-state index contributed by atoms with van der Waals surface area (Å²) in [5.41, 5.74) is 4.09. The third kappa shape index (κ3) is 2.75. The SMILES string of the molecule is Cc1cc(F)ccc1-c1cnc2c(C(=O)O)cnn2c1C1CCCCC1. The summed E-state index contributed by atoms with van der Waals surface area (Å²) < 4.78 is 15.2. The van der Waals surface area contributed by atoms with E-state index in [1.165, 1.54) is 24.8 Å². The first kappa shape index (κ1) is 16.7. The predicted octanol–water partition coefficient (Wildman–Crippen LogP) is 4.59. The second kappa shape index (κ2) is 6.52. The van der Waals surface area contributed by atoms with Gasteiger partial charge in [-0.25, -0.2) is 18.7 Å². The Morgan fingerprint density at radius 1 is 1.19 bits per heavy atom. The maximum Gasteiger partial charge on any atom is 0.341 e. The highest BCUT2D eigenvalue weighted by Crippen LogP contribution is 2.39. The lowest BCUT2D eigenvalue weighted by Gasteiger charge is -2.25. The molecule has 0 saturated heterocycles. The van der Waals surface area contributed by atoms with E-state index in [-0.39, 0.29) is 17.3 Å². The molecule has 0 radical (unpaired) electrons. The van der Waals surface area contributed by atoms with Gasteiger partial charge in [-0.3, -0.25) is 0 Å². The van der Waals surface area contributed by atoms with Crippen molar-refractivity contribution < 1.29 is 14.3 Å². The molecule has 6 heteroatoms. The summed E-state index contributed by atoms with van der Waals surface area (Å²) >= 11 is 0. The monoisotopic (exact) mass is 353 g/mol. The lowest BCUT2D eigenvalue weighted by Crippen LogP contribution is -2.13. The number of nitrogens with zero attached hydrogens (tertiary/aromatic N) is 3. The number of carboxylic acids is 1. The van der Waals surface area contributed by atoms with E-state index < -0.39 is 5.97 Å². The van der Waals surface area contributed by atoms with Crippen molar-refractivity contribution in [2.45, 2.75) is 44.9 Å². The number of aryl methyl sites for hydroxylation is 1. The molecule has 1 aromatic carbocycles. The van der Waals surface area contributed by atoms with Crippen LogP contribution in [0.1, 0.15) is 59.6 Å². The van der Waals surface area contributed by atoms with Crippen molar-refractivity contribution in [2.75, 3.05) is 0 Å². The number of fused-ring (bicyclic) bond motifs is 1. The lowest BCUT2D eigenvalue weighted by atomic mass is 9.83. The highest BCUT2D eigenvalue weighted by atomic mass is 19.1. The van der Waals surface area contributed by atoms with Crippen molar-refractivity contribution in [3.8, 4) is 11.1 Å². The van der Waals surface area contributed by atoms with Crippen molar-refractivity contribution in [1.29, 1.82) is 0 Å². The molecule has 3 aromatic rings. The Kier molecular flexibility index (Phi) is 4.18. The van der Waals surface area contributed by atoms with Crippen LogP contribution in [0.15, 0.2) is 30.6 Å². The average molecular weight is 353 g/mol. The molecule has 5 nitrogen and oxygen atoms in total. The number of rotatable bonds is 3. The molecule has 1 aliphatic carbocycles. The summed E-state index contributed by atoms with van der Waals surface area (Å²) in [5, 5.41) is 13.7. The molecule has 1 fully saturated rings. The van der Waals surface area contributed by atoms with Crippen LogP contribution in [0, 0.1) is 12.7 Å². The number of benzene rings is 1. The van der Waals surface area contributed by atoms with Gasteiger partial charge in [0.1, 0.15) is 11.4 Å². The van der Waals surface area contributed by atoms with Crippen molar-refractivity contribution >= 4 is 11.6 Å². The fraction of sp³-hybridized carbons (Fsp3) is 0.350. The van der Waals surface area contributed by atoms with Crippen molar-refractivity contribution in [3.63, 3.8) is 0 Å². The van der Waals surface area contributed by atoms with E-state index in [1.54, 1.807) is 16.8 Å². The topological polar surface area (TPSA) is 67.5 Å². The van der Waals surface area contributed by atoms with Gasteiger partial charge in [0.2, 0.25) is 0 Å². The minimum absolute atomic E-state index is 0.101. The predicted molar refractivity (Wildman–Crippen MR) is 95.9 cm³/mol. The maximum absolute atomic E-state index is 13.6. The number of carbonyl (C=O) groups is 1. The van der Waals surface area contributed by atoms with Gasteiger partial charge in [0, 0.05) is 17.7 Å². The fourth-order valence-electron chi connectivity index (χ4n) is 4.00. The Labute approximate surface area is 150 Å². The van der Waals surface area contributed by atoms with E-state index in [2.05, 4.69) is 10.1 Å². The second-order valence-corrected chi connectivity index (χ2v) is 6.95. The van der Waals surface area contributed by atoms with Gasteiger partial charge >= 0.3 is 5.97 Å².